The van der Waals surface area contributed by atoms with Gasteiger partial charge in [0.15, 0.2) is 11.9 Å². The first-order chi connectivity index (χ1) is 33.1. The van der Waals surface area contributed by atoms with E-state index in [9.17, 15) is 53.4 Å². The highest BCUT2D eigenvalue weighted by atomic mass is 16.4. The number of carbonyl (C=O) groups is 9. The molecule has 0 aromatic heterocycles. The molecule has 26 heteroatoms. The number of carboxylic acids is 1. The van der Waals surface area contributed by atoms with Crippen LogP contribution in [0.3, 0.4) is 0 Å². The topological polar surface area (TPSA) is 436 Å². The molecular formula is C45H83N15O11. The summed E-state index contributed by atoms with van der Waals surface area (Å²) >= 11 is 0. The monoisotopic (exact) mass is 1010 g/mol. The molecule has 8 amide bonds. The maximum Gasteiger partial charge on any atom is 0.326 e. The molecule has 0 saturated carbocycles. The van der Waals surface area contributed by atoms with Crippen LogP contribution in [0.15, 0.2) is 9.98 Å². The SMILES string of the molecule is CC(C)C[C@H](NC(=O)[C@@H](NC(=O)[C@@H](N)CO)C(C)C)C(=O)N[C@@H](CCCN=C(N)N)C(=O)N[C@@H](C)C(=O)N[C@H](C(=O)N[C@@H](CC(C)C)C(=O)N1CCC[C@H]1C(=O)N[C@@H](CCCN=C(N)N)C(=O)O)C(C)C. The summed E-state index contributed by atoms with van der Waals surface area (Å²) in [4.78, 5) is 130. The third-order valence-electron chi connectivity index (χ3n) is 11.4. The highest BCUT2D eigenvalue weighted by molar-refractivity contribution is 5.98. The summed E-state index contributed by atoms with van der Waals surface area (Å²) in [6.07, 6.45) is 1.46. The highest BCUT2D eigenvalue weighted by Crippen LogP contribution is 2.21. The van der Waals surface area contributed by atoms with E-state index in [-0.39, 0.29) is 88.3 Å². The quantitative estimate of drug-likeness (QED) is 0.0181. The lowest BCUT2D eigenvalue weighted by molar-refractivity contribution is -0.145. The minimum atomic E-state index is -1.28. The van der Waals surface area contributed by atoms with E-state index >= 15 is 0 Å². The summed E-state index contributed by atoms with van der Waals surface area (Å²) in [7, 11) is 0. The number of aliphatic carboxylic acids is 1. The van der Waals surface area contributed by atoms with Crippen LogP contribution in [0.5, 0.6) is 0 Å². The third-order valence-corrected chi connectivity index (χ3v) is 11.4. The van der Waals surface area contributed by atoms with Crippen molar-refractivity contribution in [2.45, 2.75) is 168 Å². The Kier molecular flexibility index (Phi) is 27.5. The van der Waals surface area contributed by atoms with Gasteiger partial charge in [-0.25, -0.2) is 4.79 Å². The van der Waals surface area contributed by atoms with E-state index in [0.29, 0.717) is 6.42 Å². The van der Waals surface area contributed by atoms with Gasteiger partial charge in [0.1, 0.15) is 54.4 Å². The average molecular weight is 1010 g/mol. The van der Waals surface area contributed by atoms with E-state index in [4.69, 9.17) is 28.7 Å². The maximum atomic E-state index is 14.2. The Bertz CT molecular complexity index is 1870. The molecular weight excluding hydrogens is 927 g/mol. The maximum absolute atomic E-state index is 14.2. The first kappa shape index (κ1) is 62.7. The van der Waals surface area contributed by atoms with Crippen molar-refractivity contribution in [2.75, 3.05) is 26.2 Å². The summed E-state index contributed by atoms with van der Waals surface area (Å²) in [5.41, 5.74) is 27.3. The van der Waals surface area contributed by atoms with Crippen molar-refractivity contribution in [3.63, 3.8) is 0 Å². The predicted octanol–water partition coefficient (Wildman–Crippen LogP) is -3.69. The molecule has 0 unspecified atom stereocenters. The number of amides is 8. The van der Waals surface area contributed by atoms with Crippen LogP contribution < -0.4 is 65.9 Å². The molecule has 0 aromatic carbocycles. The van der Waals surface area contributed by atoms with Crippen LogP contribution in [0.25, 0.3) is 0 Å². The predicted molar refractivity (Wildman–Crippen MR) is 265 cm³/mol. The first-order valence-electron chi connectivity index (χ1n) is 24.2. The molecule has 71 heavy (non-hydrogen) atoms. The fraction of sp³-hybridized carbons (Fsp3) is 0.756. The summed E-state index contributed by atoms with van der Waals surface area (Å²) < 4.78 is 0. The number of carboxylic acid groups (broad SMARTS) is 1. The van der Waals surface area contributed by atoms with Crippen LogP contribution in [-0.4, -0.2) is 161 Å². The largest absolute Gasteiger partial charge is 0.480 e. The van der Waals surface area contributed by atoms with Crippen molar-refractivity contribution in [3.05, 3.63) is 0 Å². The molecule has 19 N–H and O–H groups in total. The second-order valence-corrected chi connectivity index (χ2v) is 19.4. The van der Waals surface area contributed by atoms with Crippen molar-refractivity contribution < 1.29 is 53.4 Å². The van der Waals surface area contributed by atoms with E-state index in [1.165, 1.54) is 11.8 Å². The van der Waals surface area contributed by atoms with Crippen molar-refractivity contribution in [1.82, 2.24) is 42.1 Å². The molecule has 1 rings (SSSR count). The smallest absolute Gasteiger partial charge is 0.326 e. The second-order valence-electron chi connectivity index (χ2n) is 19.4. The average Bonchev–Trinajstić information content (AvgIpc) is 3.77. The van der Waals surface area contributed by atoms with Crippen LogP contribution in [-0.2, 0) is 43.2 Å². The number of nitrogens with two attached hydrogens (primary N) is 5. The van der Waals surface area contributed by atoms with Crippen LogP contribution in [0.1, 0.15) is 114 Å². The van der Waals surface area contributed by atoms with E-state index in [1.807, 2.05) is 27.7 Å². The standard InChI is InChI=1S/C45H83N15O11/c1-22(2)19-30(56-40(67)34(25(7)8)59-36(63)27(46)21-61)38(65)54-28(13-10-16-51-44(47)48)37(64)53-26(9)35(62)58-33(24(5)6)41(68)57-31(20-23(3)4)42(69)60-18-12-15-32(60)39(66)55-29(43(70)71)14-11-17-52-45(49)50/h22-34,61H,10-21,46H2,1-9H3,(H,53,64)(H,54,65)(H,55,66)(H,56,67)(H,57,68)(H,58,62)(H,59,63)(H,70,71)(H4,47,48,51)(H4,49,50,52)/t26-,27-,28-,29-,30-,31-,32-,33-,34-/m0/s1. The molecule has 1 aliphatic rings. The number of nitrogens with zero attached hydrogens (tertiary/aromatic N) is 3. The van der Waals surface area contributed by atoms with E-state index in [0.717, 1.165) is 0 Å². The van der Waals surface area contributed by atoms with Crippen LogP contribution in [0.4, 0.5) is 0 Å². The number of rotatable bonds is 31. The molecule has 404 valence electrons. The molecule has 26 nitrogen and oxygen atoms in total. The molecule has 0 spiro atoms. The number of hydrogen-bond acceptors (Lipinski definition) is 13. The van der Waals surface area contributed by atoms with Gasteiger partial charge < -0.3 is 81.0 Å². The molecule has 1 saturated heterocycles. The zero-order valence-electron chi connectivity index (χ0n) is 42.8. The normalized spacial score (nSPS) is 16.8. The summed E-state index contributed by atoms with van der Waals surface area (Å²) in [6.45, 7) is 15.1. The fourth-order valence-electron chi connectivity index (χ4n) is 7.57. The number of aliphatic hydroxyl groups is 1. The van der Waals surface area contributed by atoms with E-state index in [1.54, 1.807) is 27.7 Å². The number of aliphatic imine (C=N–C) groups is 2. The van der Waals surface area contributed by atoms with Gasteiger partial charge in [-0.1, -0.05) is 55.4 Å². The Morgan fingerprint density at radius 2 is 1.03 bits per heavy atom. The van der Waals surface area contributed by atoms with Crippen LogP contribution in [0, 0.1) is 23.7 Å². The van der Waals surface area contributed by atoms with Gasteiger partial charge in [0, 0.05) is 19.6 Å². The molecule has 0 bridgehead atoms. The number of hydrogen-bond donors (Lipinski definition) is 14. The highest BCUT2D eigenvalue weighted by Gasteiger charge is 2.40. The van der Waals surface area contributed by atoms with E-state index in [2.05, 4.69) is 47.2 Å². The first-order valence-corrected chi connectivity index (χ1v) is 24.2. The van der Waals surface area contributed by atoms with Gasteiger partial charge >= 0.3 is 5.97 Å². The lowest BCUT2D eigenvalue weighted by Crippen LogP contribution is -2.61. The van der Waals surface area contributed by atoms with Gasteiger partial charge in [-0.15, -0.1) is 0 Å². The van der Waals surface area contributed by atoms with Crippen LogP contribution in [0.2, 0.25) is 0 Å². The molecule has 0 aromatic rings. The van der Waals surface area contributed by atoms with E-state index < -0.39 is 126 Å². The number of likely N-dealkylation sites (tertiary alicyclic amines) is 1. The molecule has 9 atom stereocenters. The number of nitrogens with one attached hydrogen (secondary N) is 7. The minimum Gasteiger partial charge on any atom is -0.480 e. The summed E-state index contributed by atoms with van der Waals surface area (Å²) in [5.74, 6) is -8.58. The zero-order valence-corrected chi connectivity index (χ0v) is 42.8. The van der Waals surface area contributed by atoms with Gasteiger partial charge in [-0.3, -0.25) is 48.3 Å². The van der Waals surface area contributed by atoms with Gasteiger partial charge in [-0.2, -0.15) is 0 Å². The van der Waals surface area contributed by atoms with Crippen molar-refractivity contribution in [1.29, 1.82) is 0 Å². The Morgan fingerprint density at radius 1 is 0.577 bits per heavy atom. The third kappa shape index (κ3) is 22.5. The number of aliphatic hydroxyl groups excluding tert-OH is 1. The summed E-state index contributed by atoms with van der Waals surface area (Å²) in [5, 5.41) is 37.5. The number of carbonyl (C=O) groups excluding carboxylic acids is 8. The molecule has 1 fully saturated rings. The zero-order chi connectivity index (χ0) is 54.3. The fourth-order valence-corrected chi connectivity index (χ4v) is 7.57. The van der Waals surface area contributed by atoms with Gasteiger partial charge in [-0.05, 0) is 82.0 Å². The molecule has 0 radical (unpaired) electrons. The van der Waals surface area contributed by atoms with Crippen LogP contribution >= 0.6 is 0 Å². The van der Waals surface area contributed by atoms with Gasteiger partial charge in [0.05, 0.1) is 6.61 Å². The minimum absolute atomic E-state index is 0.0164. The van der Waals surface area contributed by atoms with Crippen molar-refractivity contribution in [3.8, 4) is 0 Å². The Morgan fingerprint density at radius 3 is 1.49 bits per heavy atom. The number of guanidine groups is 2. The van der Waals surface area contributed by atoms with Crippen molar-refractivity contribution in [2.24, 2.45) is 62.3 Å². The Labute approximate surface area is 416 Å². The summed E-state index contributed by atoms with van der Waals surface area (Å²) in [6, 6.07) is -10.8. The lowest BCUT2D eigenvalue weighted by atomic mass is 9.99. The molecule has 1 aliphatic heterocycles. The Balaban J connectivity index is 3.28. The lowest BCUT2D eigenvalue weighted by Gasteiger charge is -2.32. The van der Waals surface area contributed by atoms with Gasteiger partial charge in [0.25, 0.3) is 0 Å². The Hall–Kier alpha value is -6.31. The molecule has 0 aliphatic carbocycles. The second kappa shape index (κ2) is 31.1. The van der Waals surface area contributed by atoms with Crippen molar-refractivity contribution >= 4 is 65.1 Å². The molecule has 1 heterocycles. The van der Waals surface area contributed by atoms with Gasteiger partial charge in [0.2, 0.25) is 47.3 Å².